The molecule has 0 aromatic rings. The van der Waals surface area contributed by atoms with Crippen molar-refractivity contribution in [3.05, 3.63) is 12.2 Å². The van der Waals surface area contributed by atoms with E-state index in [1.807, 2.05) is 21.1 Å². The van der Waals surface area contributed by atoms with Gasteiger partial charge in [-0.25, -0.2) is 4.57 Å². The van der Waals surface area contributed by atoms with Crippen LogP contribution in [0.2, 0.25) is 0 Å². The molecule has 0 aliphatic rings. The number of allylic oxidation sites excluding steroid dienone is 2. The molecule has 94 heavy (non-hydrogen) atoms. The van der Waals surface area contributed by atoms with Gasteiger partial charge in [-0.2, -0.15) is 0 Å². The molecule has 0 aliphatic heterocycles. The number of likely N-dealkylation sites (N-methyl/N-ethyl adjacent to an activating group) is 1. The predicted octanol–water partition coefficient (Wildman–Crippen LogP) is 28.2. The number of ether oxygens (including phenoxy) is 2. The van der Waals surface area contributed by atoms with Crippen molar-refractivity contribution in [3.63, 3.8) is 0 Å². The molecule has 0 rings (SSSR count). The molecule has 10 heteroatoms. The third-order valence-electron chi connectivity index (χ3n) is 19.8. The molecule has 2 atom stereocenters. The van der Waals surface area contributed by atoms with E-state index in [0.717, 1.165) is 38.5 Å². The number of carbonyl (C=O) groups is 2. The second-order valence-corrected chi connectivity index (χ2v) is 32.0. The average Bonchev–Trinajstić information content (AvgIpc) is 1.66. The van der Waals surface area contributed by atoms with Gasteiger partial charge in [-0.15, -0.1) is 0 Å². The summed E-state index contributed by atoms with van der Waals surface area (Å²) in [5.74, 6) is -0.766. The molecule has 0 bridgehead atoms. The summed E-state index contributed by atoms with van der Waals surface area (Å²) in [7, 11) is 1.51. The van der Waals surface area contributed by atoms with Crippen LogP contribution in [0.4, 0.5) is 0 Å². The summed E-state index contributed by atoms with van der Waals surface area (Å²) in [6.45, 7) is 4.54. The zero-order valence-electron chi connectivity index (χ0n) is 64.3. The summed E-state index contributed by atoms with van der Waals surface area (Å²) in [5, 5.41) is 0. The minimum Gasteiger partial charge on any atom is -0.462 e. The Balaban J connectivity index is 3.85. The fourth-order valence-corrected chi connectivity index (χ4v) is 14.1. The van der Waals surface area contributed by atoms with Crippen LogP contribution >= 0.6 is 7.82 Å². The van der Waals surface area contributed by atoms with Crippen molar-refractivity contribution in [2.45, 2.75) is 469 Å². The van der Waals surface area contributed by atoms with Gasteiger partial charge in [0, 0.05) is 12.8 Å². The number of hydrogen-bond acceptors (Lipinski definition) is 7. The van der Waals surface area contributed by atoms with Crippen molar-refractivity contribution in [1.82, 2.24) is 0 Å². The van der Waals surface area contributed by atoms with Gasteiger partial charge in [-0.05, 0) is 38.5 Å². The minimum absolute atomic E-state index is 0.0368. The molecule has 1 N–H and O–H groups in total. The number of nitrogens with zero attached hydrogens (tertiary/aromatic N) is 1. The van der Waals surface area contributed by atoms with Crippen LogP contribution in [0.1, 0.15) is 463 Å². The molecule has 560 valence electrons. The predicted molar refractivity (Wildman–Crippen MR) is 409 cm³/mol. The van der Waals surface area contributed by atoms with Gasteiger partial charge in [-0.1, -0.05) is 424 Å². The van der Waals surface area contributed by atoms with Gasteiger partial charge in [0.25, 0.3) is 0 Å². The Morgan fingerprint density at radius 3 is 0.787 bits per heavy atom. The highest BCUT2D eigenvalue weighted by atomic mass is 31.2. The first-order valence-corrected chi connectivity index (χ1v) is 43.9. The summed E-state index contributed by atoms with van der Waals surface area (Å²) in [6, 6.07) is 0. The maximum absolute atomic E-state index is 12.9. The zero-order chi connectivity index (χ0) is 68.3. The molecular formula is C84H167NO8P+. The van der Waals surface area contributed by atoms with Crippen LogP contribution in [0.15, 0.2) is 12.2 Å². The minimum atomic E-state index is -4.39. The molecule has 2 unspecified atom stereocenters. The maximum atomic E-state index is 12.9. The van der Waals surface area contributed by atoms with Crippen molar-refractivity contribution < 1.29 is 42.1 Å². The fraction of sp³-hybridized carbons (Fsp3) is 0.952. The summed E-state index contributed by atoms with van der Waals surface area (Å²) in [5.41, 5.74) is 0. The maximum Gasteiger partial charge on any atom is 0.472 e. The molecule has 0 amide bonds. The Labute approximate surface area is 587 Å². The largest absolute Gasteiger partial charge is 0.472 e. The smallest absolute Gasteiger partial charge is 0.462 e. The lowest BCUT2D eigenvalue weighted by atomic mass is 10.0. The Hall–Kier alpha value is -1.25. The molecule has 0 saturated carbocycles. The molecule has 0 spiro atoms. The number of carbonyl (C=O) groups excluding carboxylic acids is 2. The SMILES string of the molecule is CCCCCCCCCC/C=C\CCCCCCCCCCCCCCCCCCCCCC(=O)OC(COC(=O)CCCCCCCCCCCCCCCCCCCCCCCCCCCCCCCCCCCCCCCCC)COP(=O)(O)OCC[N+](C)(C)C. The summed E-state index contributed by atoms with van der Waals surface area (Å²) < 4.78 is 34.9. The lowest BCUT2D eigenvalue weighted by Crippen LogP contribution is -2.37. The van der Waals surface area contributed by atoms with E-state index >= 15 is 0 Å². The fourth-order valence-electron chi connectivity index (χ4n) is 13.3. The van der Waals surface area contributed by atoms with Crippen LogP contribution in [0.3, 0.4) is 0 Å². The van der Waals surface area contributed by atoms with E-state index in [1.165, 1.54) is 398 Å². The van der Waals surface area contributed by atoms with Crippen LogP contribution in [-0.2, 0) is 32.7 Å². The number of phosphoric acid groups is 1. The Morgan fingerprint density at radius 2 is 0.543 bits per heavy atom. The summed E-state index contributed by atoms with van der Waals surface area (Å²) >= 11 is 0. The average molecular weight is 1350 g/mol. The second kappa shape index (κ2) is 75.9. The van der Waals surface area contributed by atoms with Gasteiger partial charge >= 0.3 is 19.8 Å². The van der Waals surface area contributed by atoms with Gasteiger partial charge in [0.1, 0.15) is 19.8 Å². The highest BCUT2D eigenvalue weighted by Crippen LogP contribution is 2.43. The van der Waals surface area contributed by atoms with Crippen LogP contribution in [0.5, 0.6) is 0 Å². The Morgan fingerprint density at radius 1 is 0.319 bits per heavy atom. The number of unbranched alkanes of at least 4 members (excludes halogenated alkanes) is 65. The number of rotatable bonds is 81. The Kier molecular flexibility index (Phi) is 74.9. The van der Waals surface area contributed by atoms with E-state index in [9.17, 15) is 19.0 Å². The van der Waals surface area contributed by atoms with E-state index in [4.69, 9.17) is 18.5 Å². The molecule has 0 aromatic heterocycles. The van der Waals surface area contributed by atoms with E-state index in [2.05, 4.69) is 26.0 Å². The molecular weight excluding hydrogens is 1180 g/mol. The highest BCUT2D eigenvalue weighted by Gasteiger charge is 2.27. The van der Waals surface area contributed by atoms with Crippen LogP contribution < -0.4 is 0 Å². The van der Waals surface area contributed by atoms with Gasteiger partial charge in [0.15, 0.2) is 6.10 Å². The zero-order valence-corrected chi connectivity index (χ0v) is 65.2. The van der Waals surface area contributed by atoms with E-state index in [1.54, 1.807) is 0 Å². The second-order valence-electron chi connectivity index (χ2n) is 30.6. The molecule has 9 nitrogen and oxygen atoms in total. The number of hydrogen-bond donors (Lipinski definition) is 1. The van der Waals surface area contributed by atoms with Crippen molar-refractivity contribution in [3.8, 4) is 0 Å². The first-order valence-electron chi connectivity index (χ1n) is 42.4. The Bertz CT molecular complexity index is 1590. The molecule has 0 radical (unpaired) electrons. The summed E-state index contributed by atoms with van der Waals surface area (Å²) in [4.78, 5) is 36.0. The van der Waals surface area contributed by atoms with Gasteiger partial charge in [-0.3, -0.25) is 18.6 Å². The highest BCUT2D eigenvalue weighted by molar-refractivity contribution is 7.47. The van der Waals surface area contributed by atoms with Gasteiger partial charge < -0.3 is 18.9 Å². The molecule has 0 aromatic carbocycles. The van der Waals surface area contributed by atoms with Crippen LogP contribution in [0.25, 0.3) is 0 Å². The molecule has 0 saturated heterocycles. The first-order chi connectivity index (χ1) is 46.0. The van der Waals surface area contributed by atoms with Crippen molar-refractivity contribution in [2.24, 2.45) is 0 Å². The molecule has 0 heterocycles. The van der Waals surface area contributed by atoms with Crippen molar-refractivity contribution in [1.29, 1.82) is 0 Å². The lowest BCUT2D eigenvalue weighted by Gasteiger charge is -2.24. The van der Waals surface area contributed by atoms with Gasteiger partial charge in [0.05, 0.1) is 27.7 Å². The number of quaternary nitrogens is 1. The van der Waals surface area contributed by atoms with E-state index in [-0.39, 0.29) is 25.6 Å². The molecule has 0 fully saturated rings. The normalized spacial score (nSPS) is 13.0. The van der Waals surface area contributed by atoms with E-state index in [0.29, 0.717) is 17.4 Å². The third kappa shape index (κ3) is 79.7. The van der Waals surface area contributed by atoms with Crippen molar-refractivity contribution >= 4 is 19.8 Å². The quantitative estimate of drug-likeness (QED) is 0.0211. The number of esters is 2. The molecule has 0 aliphatic carbocycles. The lowest BCUT2D eigenvalue weighted by molar-refractivity contribution is -0.870. The van der Waals surface area contributed by atoms with Crippen LogP contribution in [-0.4, -0.2) is 74.9 Å². The third-order valence-corrected chi connectivity index (χ3v) is 20.8. The number of phosphoric ester groups is 1. The first kappa shape index (κ1) is 92.8. The standard InChI is InChI=1S/C84H166NO8P/c1-6-8-10-12-14-16-18-20-22-24-26-28-30-32-34-36-38-39-40-41-42-43-44-45-47-48-50-52-54-56-58-60-62-64-66-68-70-72-74-76-83(86)90-80-82(81-92-94(88,89)91-79-78-85(3,4)5)93-84(87)77-75-73-71-69-67-65-63-61-59-57-55-53-51-49-46-37-35-33-31-29-27-25-23-21-19-17-15-13-11-9-7-2/h25,27,82H,6-24,26,28-81H2,1-5H3/p+1/b27-25-. The van der Waals surface area contributed by atoms with Gasteiger partial charge in [0.2, 0.25) is 0 Å². The summed E-state index contributed by atoms with van der Waals surface area (Å²) in [6.07, 6.45) is 96.8. The van der Waals surface area contributed by atoms with Crippen LogP contribution in [0, 0.1) is 0 Å². The van der Waals surface area contributed by atoms with Crippen molar-refractivity contribution in [2.75, 3.05) is 47.5 Å². The topological polar surface area (TPSA) is 108 Å². The van der Waals surface area contributed by atoms with E-state index < -0.39 is 26.5 Å². The monoisotopic (exact) mass is 1350 g/mol.